The van der Waals surface area contributed by atoms with Crippen molar-refractivity contribution < 1.29 is 23.8 Å². The first-order valence-electron chi connectivity index (χ1n) is 8.01. The number of hydrogen-bond acceptors (Lipinski definition) is 5. The molecule has 0 heterocycles. The number of carbonyl (C=O) groups excluding carboxylic acids is 2. The molecule has 0 aromatic heterocycles. The van der Waals surface area contributed by atoms with E-state index in [1.54, 1.807) is 43.3 Å². The largest absolute Gasteiger partial charge is 0.479 e. The fraction of sp³-hybridized carbons (Fsp3) is 0.263. The summed E-state index contributed by atoms with van der Waals surface area (Å²) < 4.78 is 15.5. The van der Waals surface area contributed by atoms with Crippen LogP contribution in [0.15, 0.2) is 54.6 Å². The molecule has 132 valence electrons. The van der Waals surface area contributed by atoms with Crippen LogP contribution in [0.3, 0.4) is 0 Å². The van der Waals surface area contributed by atoms with E-state index in [-0.39, 0.29) is 6.73 Å². The molecule has 6 nitrogen and oxygen atoms in total. The highest BCUT2D eigenvalue weighted by molar-refractivity contribution is 5.75. The summed E-state index contributed by atoms with van der Waals surface area (Å²) in [4.78, 5) is 23.4. The molecule has 0 aliphatic heterocycles. The molecule has 0 aliphatic rings. The number of amides is 1. The average molecular weight is 343 g/mol. The Morgan fingerprint density at radius 3 is 2.32 bits per heavy atom. The van der Waals surface area contributed by atoms with Gasteiger partial charge in [-0.05, 0) is 43.2 Å². The van der Waals surface area contributed by atoms with Gasteiger partial charge in [0.15, 0.2) is 12.8 Å². The summed E-state index contributed by atoms with van der Waals surface area (Å²) in [6, 6.07) is 16.1. The van der Waals surface area contributed by atoms with Crippen LogP contribution in [-0.4, -0.2) is 24.9 Å². The third-order valence-corrected chi connectivity index (χ3v) is 3.36. The molecule has 0 radical (unpaired) electrons. The Bertz CT molecular complexity index is 685. The molecular formula is C19H21NO5. The van der Waals surface area contributed by atoms with Crippen molar-refractivity contribution in [1.82, 2.24) is 5.32 Å². The lowest BCUT2D eigenvalue weighted by atomic mass is 10.2. The summed E-state index contributed by atoms with van der Waals surface area (Å²) in [5, 5.41) is 2.34. The van der Waals surface area contributed by atoms with Gasteiger partial charge in [0.05, 0.1) is 0 Å². The van der Waals surface area contributed by atoms with Gasteiger partial charge in [-0.1, -0.05) is 37.3 Å². The van der Waals surface area contributed by atoms with Gasteiger partial charge in [0, 0.05) is 0 Å². The van der Waals surface area contributed by atoms with Crippen molar-refractivity contribution in [3.8, 4) is 11.5 Å². The third kappa shape index (κ3) is 6.18. The van der Waals surface area contributed by atoms with Gasteiger partial charge in [0.25, 0.3) is 0 Å². The summed E-state index contributed by atoms with van der Waals surface area (Å²) in [7, 11) is 0. The van der Waals surface area contributed by atoms with Gasteiger partial charge < -0.3 is 14.2 Å². The molecule has 2 aromatic rings. The number of rotatable bonds is 7. The molecule has 0 saturated heterocycles. The van der Waals surface area contributed by atoms with Crippen molar-refractivity contribution in [2.24, 2.45) is 0 Å². The standard InChI is InChI=1S/C19H21NO5/c1-3-15-9-11-17(12-10-15)24-14(2)18(21)23-13-20-19(22)25-16-7-5-4-6-8-16/h4-12,14H,3,13H2,1-2H3,(H,20,22). The van der Waals surface area contributed by atoms with E-state index in [1.807, 2.05) is 18.2 Å². The van der Waals surface area contributed by atoms with Crippen LogP contribution in [-0.2, 0) is 16.0 Å². The zero-order valence-electron chi connectivity index (χ0n) is 14.2. The van der Waals surface area contributed by atoms with Gasteiger partial charge in [-0.2, -0.15) is 0 Å². The van der Waals surface area contributed by atoms with Gasteiger partial charge in [-0.3, -0.25) is 5.32 Å². The van der Waals surface area contributed by atoms with Crippen molar-refractivity contribution in [2.45, 2.75) is 26.4 Å². The van der Waals surface area contributed by atoms with Crippen LogP contribution in [0.4, 0.5) is 4.79 Å². The Labute approximate surface area is 146 Å². The van der Waals surface area contributed by atoms with Gasteiger partial charge in [0.1, 0.15) is 11.5 Å². The van der Waals surface area contributed by atoms with E-state index in [4.69, 9.17) is 14.2 Å². The Balaban J connectivity index is 1.70. The second-order valence-corrected chi connectivity index (χ2v) is 5.24. The summed E-state index contributed by atoms with van der Waals surface area (Å²) in [6.45, 7) is 3.34. The van der Waals surface area contributed by atoms with Crippen LogP contribution in [0, 0.1) is 0 Å². The zero-order valence-corrected chi connectivity index (χ0v) is 14.2. The molecule has 1 atom stereocenters. The number of aryl methyl sites for hydroxylation is 1. The minimum atomic E-state index is -0.792. The minimum Gasteiger partial charge on any atom is -0.479 e. The van der Waals surface area contributed by atoms with E-state index >= 15 is 0 Å². The first-order valence-corrected chi connectivity index (χ1v) is 8.01. The van der Waals surface area contributed by atoms with E-state index in [1.165, 1.54) is 5.56 Å². The predicted molar refractivity (Wildman–Crippen MR) is 92.5 cm³/mol. The van der Waals surface area contributed by atoms with Gasteiger partial charge >= 0.3 is 12.1 Å². The lowest BCUT2D eigenvalue weighted by Gasteiger charge is -2.14. The van der Waals surface area contributed by atoms with Gasteiger partial charge in [-0.25, -0.2) is 9.59 Å². The Morgan fingerprint density at radius 1 is 1.00 bits per heavy atom. The number of nitrogens with one attached hydrogen (secondary N) is 1. The zero-order chi connectivity index (χ0) is 18.1. The minimum absolute atomic E-state index is 0.299. The normalized spacial score (nSPS) is 11.3. The number of hydrogen-bond donors (Lipinski definition) is 1. The maximum absolute atomic E-state index is 11.9. The van der Waals surface area contributed by atoms with E-state index in [0.717, 1.165) is 6.42 Å². The molecule has 6 heteroatoms. The molecule has 0 fully saturated rings. The number of esters is 1. The number of ether oxygens (including phenoxy) is 3. The maximum Gasteiger partial charge on any atom is 0.415 e. The topological polar surface area (TPSA) is 73.9 Å². The van der Waals surface area contributed by atoms with Crippen molar-refractivity contribution in [3.05, 3.63) is 60.2 Å². The first-order chi connectivity index (χ1) is 12.1. The Kier molecular flexibility index (Phi) is 6.83. The molecule has 2 aromatic carbocycles. The fourth-order valence-electron chi connectivity index (χ4n) is 1.97. The SMILES string of the molecule is CCc1ccc(OC(C)C(=O)OCNC(=O)Oc2ccccc2)cc1. The molecular weight excluding hydrogens is 322 g/mol. The van der Waals surface area contributed by atoms with Gasteiger partial charge in [0.2, 0.25) is 0 Å². The smallest absolute Gasteiger partial charge is 0.415 e. The van der Waals surface area contributed by atoms with E-state index in [9.17, 15) is 9.59 Å². The Hall–Kier alpha value is -3.02. The van der Waals surface area contributed by atoms with Gasteiger partial charge in [-0.15, -0.1) is 0 Å². The number of benzene rings is 2. The lowest BCUT2D eigenvalue weighted by Crippen LogP contribution is -2.34. The lowest BCUT2D eigenvalue weighted by molar-refractivity contribution is -0.151. The second kappa shape index (κ2) is 9.32. The van der Waals surface area contributed by atoms with Crippen LogP contribution >= 0.6 is 0 Å². The Morgan fingerprint density at radius 2 is 1.68 bits per heavy atom. The number of para-hydroxylation sites is 1. The maximum atomic E-state index is 11.9. The first kappa shape index (κ1) is 18.3. The molecule has 1 N–H and O–H groups in total. The van der Waals surface area contributed by atoms with Crippen molar-refractivity contribution in [2.75, 3.05) is 6.73 Å². The highest BCUT2D eigenvalue weighted by atomic mass is 16.6. The molecule has 0 saturated carbocycles. The summed E-state index contributed by atoms with van der Waals surface area (Å²) in [6.07, 6.45) is -0.565. The van der Waals surface area contributed by atoms with Crippen LogP contribution < -0.4 is 14.8 Å². The molecule has 0 spiro atoms. The fourth-order valence-corrected chi connectivity index (χ4v) is 1.97. The third-order valence-electron chi connectivity index (χ3n) is 3.36. The number of carbonyl (C=O) groups is 2. The molecule has 1 unspecified atom stereocenters. The molecule has 1 amide bonds. The highest BCUT2D eigenvalue weighted by Crippen LogP contribution is 2.14. The van der Waals surface area contributed by atoms with Crippen LogP contribution in [0.2, 0.25) is 0 Å². The highest BCUT2D eigenvalue weighted by Gasteiger charge is 2.16. The van der Waals surface area contributed by atoms with Crippen LogP contribution in [0.25, 0.3) is 0 Å². The predicted octanol–water partition coefficient (Wildman–Crippen LogP) is 3.31. The summed E-state index contributed by atoms with van der Waals surface area (Å²) in [5.41, 5.74) is 1.18. The molecule has 0 bridgehead atoms. The van der Waals surface area contributed by atoms with Crippen LogP contribution in [0.1, 0.15) is 19.4 Å². The van der Waals surface area contributed by atoms with Crippen LogP contribution in [0.5, 0.6) is 11.5 Å². The van der Waals surface area contributed by atoms with E-state index in [2.05, 4.69) is 12.2 Å². The average Bonchev–Trinajstić information content (AvgIpc) is 2.63. The van der Waals surface area contributed by atoms with Crippen molar-refractivity contribution in [3.63, 3.8) is 0 Å². The summed E-state index contributed by atoms with van der Waals surface area (Å²) in [5.74, 6) is 0.399. The molecule has 0 aliphatic carbocycles. The second-order valence-electron chi connectivity index (χ2n) is 5.24. The van der Waals surface area contributed by atoms with Crippen molar-refractivity contribution >= 4 is 12.1 Å². The monoisotopic (exact) mass is 343 g/mol. The van der Waals surface area contributed by atoms with E-state index in [0.29, 0.717) is 11.5 Å². The molecule has 25 heavy (non-hydrogen) atoms. The van der Waals surface area contributed by atoms with E-state index < -0.39 is 18.2 Å². The quantitative estimate of drug-likeness (QED) is 0.617. The molecule has 2 rings (SSSR count). The summed E-state index contributed by atoms with van der Waals surface area (Å²) >= 11 is 0. The van der Waals surface area contributed by atoms with Crippen molar-refractivity contribution in [1.29, 1.82) is 0 Å².